The average molecular weight is 441 g/mol. The summed E-state index contributed by atoms with van der Waals surface area (Å²) >= 11 is 12.0. The van der Waals surface area contributed by atoms with E-state index >= 15 is 0 Å². The fourth-order valence-electron chi connectivity index (χ4n) is 3.51. The Morgan fingerprint density at radius 3 is 2.50 bits per heavy atom. The molecule has 6 nitrogen and oxygen atoms in total. The van der Waals surface area contributed by atoms with E-state index in [9.17, 15) is 10.0 Å². The molecule has 1 aliphatic heterocycles. The minimum Gasteiger partial charge on any atom is -0.712 e. The molecule has 1 aliphatic rings. The van der Waals surface area contributed by atoms with E-state index in [-0.39, 0.29) is 5.91 Å². The number of likely N-dealkylation sites (N-methyl/N-ethyl adjacent to an activating group) is 1. The number of hydroxylamine groups is 1. The van der Waals surface area contributed by atoms with Gasteiger partial charge in [-0.1, -0.05) is 47.5 Å². The van der Waals surface area contributed by atoms with Gasteiger partial charge in [0.05, 0.1) is 7.05 Å². The van der Waals surface area contributed by atoms with Crippen molar-refractivity contribution in [1.29, 1.82) is 0 Å². The number of carbonyl (C=O) groups is 1. The van der Waals surface area contributed by atoms with Crippen LogP contribution in [0.4, 0.5) is 0 Å². The van der Waals surface area contributed by atoms with Gasteiger partial charge in [-0.15, -0.1) is 0 Å². The van der Waals surface area contributed by atoms with Gasteiger partial charge in [-0.3, -0.25) is 4.79 Å². The molecule has 1 amide bonds. The van der Waals surface area contributed by atoms with Gasteiger partial charge < -0.3 is 10.5 Å². The normalized spacial score (nSPS) is 16.8. The van der Waals surface area contributed by atoms with Crippen LogP contribution in [0.3, 0.4) is 0 Å². The largest absolute Gasteiger partial charge is 0.712 e. The lowest BCUT2D eigenvalue weighted by atomic mass is 9.99. The molecule has 2 atom stereocenters. The molecule has 2 aromatic carbocycles. The van der Waals surface area contributed by atoms with Gasteiger partial charge in [-0.2, -0.15) is 0 Å². The highest BCUT2D eigenvalue weighted by molar-refractivity contribution is 6.31. The summed E-state index contributed by atoms with van der Waals surface area (Å²) in [4.78, 5) is 19.0. The zero-order valence-electron chi connectivity index (χ0n) is 16.0. The molecule has 3 aromatic rings. The van der Waals surface area contributed by atoms with E-state index in [4.69, 9.17) is 23.2 Å². The third kappa shape index (κ3) is 3.84. The molecule has 0 spiro atoms. The molecule has 0 saturated carbocycles. The van der Waals surface area contributed by atoms with E-state index in [0.29, 0.717) is 27.1 Å². The van der Waals surface area contributed by atoms with E-state index in [2.05, 4.69) is 10.3 Å². The topological polar surface area (TPSA) is 71.3 Å². The summed E-state index contributed by atoms with van der Waals surface area (Å²) in [6.45, 7) is 0. The molecule has 4 rings (SSSR count). The quantitative estimate of drug-likeness (QED) is 0.478. The SMILES string of the molecule is CN1C(c2ccccn2)=[N+]([O-])C1C(NC(=O)c1cccc(Cl)c1)c1ccc(Cl)cc1. The van der Waals surface area contributed by atoms with Crippen LogP contribution < -0.4 is 5.32 Å². The predicted molar refractivity (Wildman–Crippen MR) is 117 cm³/mol. The fraction of sp³-hybridized carbons (Fsp3) is 0.136. The lowest BCUT2D eigenvalue weighted by molar-refractivity contribution is -0.575. The van der Waals surface area contributed by atoms with Crippen LogP contribution in [-0.4, -0.2) is 39.6 Å². The summed E-state index contributed by atoms with van der Waals surface area (Å²) in [6.07, 6.45) is 0.987. The van der Waals surface area contributed by atoms with Gasteiger partial charge in [0.15, 0.2) is 5.69 Å². The number of amidine groups is 1. The van der Waals surface area contributed by atoms with E-state index in [1.54, 1.807) is 73.9 Å². The summed E-state index contributed by atoms with van der Waals surface area (Å²) in [5.74, 6) is 0.113. The maximum absolute atomic E-state index is 13.0. The minimum atomic E-state index is -0.647. The highest BCUT2D eigenvalue weighted by Gasteiger charge is 2.48. The Morgan fingerprint density at radius 1 is 1.10 bits per heavy atom. The van der Waals surface area contributed by atoms with Gasteiger partial charge in [0.2, 0.25) is 0 Å². The van der Waals surface area contributed by atoms with Crippen molar-refractivity contribution in [3.63, 3.8) is 0 Å². The highest BCUT2D eigenvalue weighted by Crippen LogP contribution is 2.29. The molecule has 1 aromatic heterocycles. The molecule has 152 valence electrons. The number of hydrogen-bond acceptors (Lipinski definition) is 4. The van der Waals surface area contributed by atoms with Gasteiger partial charge >= 0.3 is 5.84 Å². The maximum Gasteiger partial charge on any atom is 0.307 e. The van der Waals surface area contributed by atoms with Crippen LogP contribution in [0.5, 0.6) is 0 Å². The molecule has 0 aliphatic carbocycles. The summed E-state index contributed by atoms with van der Waals surface area (Å²) in [5.41, 5.74) is 1.74. The standard InChI is InChI=1S/C22H18Cl2N4O2/c1-27-21(18-7-2-3-12-25-18)28(30)22(27)19(14-8-10-16(23)11-9-14)26-20(29)15-5-4-6-17(24)13-15/h2-13,19,22H,1H3,(H,26,29). The summed E-state index contributed by atoms with van der Waals surface area (Å²) in [7, 11) is 1.80. The molecule has 8 heteroatoms. The Bertz CT molecular complexity index is 1100. The summed E-state index contributed by atoms with van der Waals surface area (Å²) in [5, 5.41) is 17.0. The lowest BCUT2D eigenvalue weighted by Gasteiger charge is -2.42. The number of halogens is 2. The van der Waals surface area contributed by atoms with Crippen molar-refractivity contribution in [2.45, 2.75) is 12.2 Å². The molecule has 2 heterocycles. The van der Waals surface area contributed by atoms with E-state index < -0.39 is 12.2 Å². The van der Waals surface area contributed by atoms with Crippen molar-refractivity contribution in [2.75, 3.05) is 7.05 Å². The Morgan fingerprint density at radius 2 is 1.87 bits per heavy atom. The number of pyridine rings is 1. The Balaban J connectivity index is 1.69. The minimum absolute atomic E-state index is 0.328. The van der Waals surface area contributed by atoms with Gasteiger partial charge in [0.25, 0.3) is 12.1 Å². The number of hydrogen-bond donors (Lipinski definition) is 1. The van der Waals surface area contributed by atoms with Gasteiger partial charge in [-0.25, -0.2) is 14.6 Å². The van der Waals surface area contributed by atoms with Crippen LogP contribution >= 0.6 is 23.2 Å². The first-order valence-electron chi connectivity index (χ1n) is 9.25. The van der Waals surface area contributed by atoms with Crippen molar-refractivity contribution in [1.82, 2.24) is 15.2 Å². The first-order valence-corrected chi connectivity index (χ1v) is 10.0. The molecule has 30 heavy (non-hydrogen) atoms. The van der Waals surface area contributed by atoms with Gasteiger partial charge in [-0.05, 0) is 48.0 Å². The predicted octanol–water partition coefficient (Wildman–Crippen LogP) is 4.09. The monoisotopic (exact) mass is 440 g/mol. The van der Waals surface area contributed by atoms with Crippen LogP contribution in [0.2, 0.25) is 10.0 Å². The first-order chi connectivity index (χ1) is 14.5. The van der Waals surface area contributed by atoms with Crippen LogP contribution in [-0.2, 0) is 0 Å². The zero-order valence-corrected chi connectivity index (χ0v) is 17.5. The molecule has 0 bridgehead atoms. The molecule has 0 radical (unpaired) electrons. The number of rotatable bonds is 5. The smallest absolute Gasteiger partial charge is 0.307 e. The van der Waals surface area contributed by atoms with E-state index in [1.165, 1.54) is 0 Å². The highest BCUT2D eigenvalue weighted by atomic mass is 35.5. The third-order valence-corrected chi connectivity index (χ3v) is 5.46. The number of carbonyl (C=O) groups excluding carboxylic acids is 1. The molecular weight excluding hydrogens is 423 g/mol. The average Bonchev–Trinajstić information content (AvgIpc) is 2.74. The van der Waals surface area contributed by atoms with Crippen LogP contribution in [0.25, 0.3) is 0 Å². The maximum atomic E-state index is 13.0. The van der Waals surface area contributed by atoms with Crippen LogP contribution in [0, 0.1) is 5.21 Å². The molecule has 0 fully saturated rings. The number of amides is 1. The van der Waals surface area contributed by atoms with Crippen LogP contribution in [0.15, 0.2) is 72.9 Å². The molecule has 1 N–H and O–H groups in total. The third-order valence-electron chi connectivity index (χ3n) is 4.97. The summed E-state index contributed by atoms with van der Waals surface area (Å²) in [6, 6.07) is 18.5. The second kappa shape index (κ2) is 8.34. The van der Waals surface area contributed by atoms with E-state index in [1.807, 2.05) is 11.0 Å². The molecular formula is C22H18Cl2N4O2. The van der Waals surface area contributed by atoms with Crippen molar-refractivity contribution in [3.8, 4) is 0 Å². The second-order valence-corrected chi connectivity index (χ2v) is 7.77. The first kappa shape index (κ1) is 20.2. The van der Waals surface area contributed by atoms with E-state index in [0.717, 1.165) is 10.3 Å². The number of aromatic nitrogens is 1. The zero-order chi connectivity index (χ0) is 21.3. The molecule has 2 unspecified atom stereocenters. The number of nitrogens with one attached hydrogen (secondary N) is 1. The fourth-order valence-corrected chi connectivity index (χ4v) is 3.83. The van der Waals surface area contributed by atoms with Crippen molar-refractivity contribution < 1.29 is 9.53 Å². The Kier molecular flexibility index (Phi) is 5.61. The van der Waals surface area contributed by atoms with Gasteiger partial charge in [0.1, 0.15) is 6.04 Å². The van der Waals surface area contributed by atoms with Crippen LogP contribution in [0.1, 0.15) is 27.7 Å². The number of benzene rings is 2. The van der Waals surface area contributed by atoms with Crippen molar-refractivity contribution in [2.24, 2.45) is 0 Å². The Labute approximate surface area is 184 Å². The summed E-state index contributed by atoms with van der Waals surface area (Å²) < 4.78 is 0.875. The Hall–Kier alpha value is -3.09. The second-order valence-electron chi connectivity index (χ2n) is 6.90. The molecule has 0 saturated heterocycles. The number of nitrogens with zero attached hydrogens (tertiary/aromatic N) is 3. The van der Waals surface area contributed by atoms with Crippen molar-refractivity contribution in [3.05, 3.63) is 105 Å². The van der Waals surface area contributed by atoms with Gasteiger partial charge in [0, 0.05) is 21.8 Å². The lowest BCUT2D eigenvalue weighted by Crippen LogP contribution is -2.63. The van der Waals surface area contributed by atoms with Crippen molar-refractivity contribution >= 4 is 34.9 Å².